The Bertz CT molecular complexity index is 396. The van der Waals surface area contributed by atoms with Crippen molar-refractivity contribution in [1.82, 2.24) is 10.6 Å². The van der Waals surface area contributed by atoms with Gasteiger partial charge >= 0.3 is 11.8 Å². The van der Waals surface area contributed by atoms with E-state index in [2.05, 4.69) is 10.6 Å². The second-order valence-electron chi connectivity index (χ2n) is 4.11. The third-order valence-electron chi connectivity index (χ3n) is 2.72. The minimum Gasteiger partial charge on any atom is -0.467 e. The summed E-state index contributed by atoms with van der Waals surface area (Å²) in [5.74, 6) is -0.697. The Morgan fingerprint density at radius 1 is 1.33 bits per heavy atom. The van der Waals surface area contributed by atoms with Gasteiger partial charge in [-0.05, 0) is 25.0 Å². The largest absolute Gasteiger partial charge is 0.467 e. The maximum Gasteiger partial charge on any atom is 0.309 e. The number of hydrogen-bond acceptors (Lipinski definition) is 4. The highest BCUT2D eigenvalue weighted by atomic mass is 16.5. The molecule has 0 saturated carbocycles. The highest BCUT2D eigenvalue weighted by molar-refractivity contribution is 6.35. The monoisotopic (exact) mass is 252 g/mol. The van der Waals surface area contributed by atoms with E-state index < -0.39 is 11.8 Å². The molecule has 1 atom stereocenters. The van der Waals surface area contributed by atoms with Gasteiger partial charge in [0.2, 0.25) is 0 Å². The van der Waals surface area contributed by atoms with Crippen LogP contribution in [0.5, 0.6) is 0 Å². The van der Waals surface area contributed by atoms with E-state index in [0.29, 0.717) is 12.3 Å². The summed E-state index contributed by atoms with van der Waals surface area (Å²) in [6, 6.07) is 3.45. The van der Waals surface area contributed by atoms with Crippen LogP contribution >= 0.6 is 0 Å². The molecule has 1 aromatic heterocycles. The lowest BCUT2D eigenvalue weighted by Gasteiger charge is -2.10. The summed E-state index contributed by atoms with van der Waals surface area (Å²) in [6.45, 7) is 1.32. The number of furan rings is 1. The maximum absolute atomic E-state index is 11.4. The van der Waals surface area contributed by atoms with Crippen LogP contribution in [0.3, 0.4) is 0 Å². The molecule has 1 fully saturated rings. The van der Waals surface area contributed by atoms with Crippen LogP contribution in [0.1, 0.15) is 18.6 Å². The van der Waals surface area contributed by atoms with Crippen molar-refractivity contribution < 1.29 is 18.7 Å². The Balaban J connectivity index is 1.66. The topological polar surface area (TPSA) is 80.6 Å². The first-order chi connectivity index (χ1) is 8.75. The fourth-order valence-electron chi connectivity index (χ4n) is 1.75. The van der Waals surface area contributed by atoms with E-state index >= 15 is 0 Å². The first-order valence-corrected chi connectivity index (χ1v) is 5.95. The van der Waals surface area contributed by atoms with E-state index in [-0.39, 0.29) is 12.6 Å². The van der Waals surface area contributed by atoms with Crippen molar-refractivity contribution in [1.29, 1.82) is 0 Å². The van der Waals surface area contributed by atoms with Crippen molar-refractivity contribution in [2.24, 2.45) is 0 Å². The molecule has 6 heteroatoms. The number of rotatable bonds is 4. The molecule has 0 radical (unpaired) electrons. The lowest BCUT2D eigenvalue weighted by atomic mass is 10.2. The van der Waals surface area contributed by atoms with Gasteiger partial charge in [-0.25, -0.2) is 0 Å². The summed E-state index contributed by atoms with van der Waals surface area (Å²) < 4.78 is 10.4. The maximum atomic E-state index is 11.4. The van der Waals surface area contributed by atoms with Gasteiger partial charge in [0.25, 0.3) is 0 Å². The van der Waals surface area contributed by atoms with Gasteiger partial charge in [0.1, 0.15) is 5.76 Å². The Labute approximate surface area is 105 Å². The molecule has 2 heterocycles. The summed E-state index contributed by atoms with van der Waals surface area (Å²) in [5, 5.41) is 5.02. The zero-order valence-corrected chi connectivity index (χ0v) is 9.98. The average Bonchev–Trinajstić information content (AvgIpc) is 3.05. The van der Waals surface area contributed by atoms with Crippen LogP contribution in [0.25, 0.3) is 0 Å². The second kappa shape index (κ2) is 6.20. The predicted octanol–water partition coefficient (Wildman–Crippen LogP) is 0.191. The second-order valence-corrected chi connectivity index (χ2v) is 4.11. The van der Waals surface area contributed by atoms with Crippen molar-refractivity contribution in [3.8, 4) is 0 Å². The molecule has 0 aromatic carbocycles. The molecule has 0 aliphatic carbocycles. The first kappa shape index (κ1) is 12.6. The molecule has 2 amide bonds. The van der Waals surface area contributed by atoms with Gasteiger partial charge in [-0.3, -0.25) is 9.59 Å². The Morgan fingerprint density at radius 2 is 2.17 bits per heavy atom. The smallest absolute Gasteiger partial charge is 0.309 e. The number of carbonyl (C=O) groups is 2. The van der Waals surface area contributed by atoms with Crippen molar-refractivity contribution in [2.45, 2.75) is 25.5 Å². The molecule has 6 nitrogen and oxygen atoms in total. The van der Waals surface area contributed by atoms with Gasteiger partial charge in [-0.1, -0.05) is 0 Å². The molecule has 2 rings (SSSR count). The average molecular weight is 252 g/mol. The fourth-order valence-corrected chi connectivity index (χ4v) is 1.75. The fraction of sp³-hybridized carbons (Fsp3) is 0.500. The molecule has 0 bridgehead atoms. The van der Waals surface area contributed by atoms with E-state index in [9.17, 15) is 9.59 Å². The van der Waals surface area contributed by atoms with Gasteiger partial charge in [-0.15, -0.1) is 0 Å². The zero-order valence-electron chi connectivity index (χ0n) is 9.98. The Hall–Kier alpha value is -1.82. The summed E-state index contributed by atoms with van der Waals surface area (Å²) >= 11 is 0. The van der Waals surface area contributed by atoms with E-state index in [1.165, 1.54) is 6.26 Å². The number of nitrogens with one attached hydrogen (secondary N) is 2. The third-order valence-corrected chi connectivity index (χ3v) is 2.72. The van der Waals surface area contributed by atoms with Crippen molar-refractivity contribution in [2.75, 3.05) is 13.2 Å². The summed E-state index contributed by atoms with van der Waals surface area (Å²) in [4.78, 5) is 22.9. The van der Waals surface area contributed by atoms with Gasteiger partial charge in [0.15, 0.2) is 0 Å². The van der Waals surface area contributed by atoms with Crippen molar-refractivity contribution in [3.05, 3.63) is 24.2 Å². The third kappa shape index (κ3) is 3.59. The van der Waals surface area contributed by atoms with E-state index in [4.69, 9.17) is 9.15 Å². The molecular formula is C12H16N2O4. The number of carbonyl (C=O) groups excluding carboxylic acids is 2. The van der Waals surface area contributed by atoms with E-state index in [0.717, 1.165) is 19.4 Å². The molecule has 1 aliphatic heterocycles. The van der Waals surface area contributed by atoms with Crippen LogP contribution in [-0.4, -0.2) is 31.1 Å². The number of amides is 2. The normalized spacial score (nSPS) is 18.6. The van der Waals surface area contributed by atoms with Crippen LogP contribution in [-0.2, 0) is 20.9 Å². The van der Waals surface area contributed by atoms with Gasteiger partial charge in [0.05, 0.1) is 18.9 Å². The quantitative estimate of drug-likeness (QED) is 0.750. The zero-order chi connectivity index (χ0) is 12.8. The molecule has 1 aromatic rings. The minimum absolute atomic E-state index is 0.0341. The lowest BCUT2D eigenvalue weighted by molar-refractivity contribution is -0.139. The Kier molecular flexibility index (Phi) is 4.35. The molecule has 98 valence electrons. The SMILES string of the molecule is O=C(NCc1ccco1)C(=O)NC[C@H]1CCCO1. The first-order valence-electron chi connectivity index (χ1n) is 5.95. The number of hydrogen-bond donors (Lipinski definition) is 2. The van der Waals surface area contributed by atoms with Crippen LogP contribution in [0.4, 0.5) is 0 Å². The van der Waals surface area contributed by atoms with Crippen molar-refractivity contribution >= 4 is 11.8 Å². The standard InChI is InChI=1S/C12H16N2O4/c15-11(13-7-9-3-1-5-17-9)12(16)14-8-10-4-2-6-18-10/h1,3,5,10H,2,4,6-8H2,(H,13,15)(H,14,16)/t10-/m1/s1. The summed E-state index contributed by atoms with van der Waals surface area (Å²) in [5.41, 5.74) is 0. The van der Waals surface area contributed by atoms with Crippen LogP contribution in [0.15, 0.2) is 22.8 Å². The summed E-state index contributed by atoms with van der Waals surface area (Å²) in [6.07, 6.45) is 3.48. The lowest BCUT2D eigenvalue weighted by Crippen LogP contribution is -2.42. The minimum atomic E-state index is -0.663. The highest BCUT2D eigenvalue weighted by Crippen LogP contribution is 2.10. The van der Waals surface area contributed by atoms with Crippen LogP contribution in [0, 0.1) is 0 Å². The van der Waals surface area contributed by atoms with Crippen LogP contribution < -0.4 is 10.6 Å². The van der Waals surface area contributed by atoms with Gasteiger partial charge in [-0.2, -0.15) is 0 Å². The van der Waals surface area contributed by atoms with E-state index in [1.54, 1.807) is 12.1 Å². The summed E-state index contributed by atoms with van der Waals surface area (Å²) in [7, 11) is 0. The highest BCUT2D eigenvalue weighted by Gasteiger charge is 2.19. The van der Waals surface area contributed by atoms with Gasteiger partial charge in [0, 0.05) is 13.2 Å². The molecule has 1 aliphatic rings. The Morgan fingerprint density at radius 3 is 2.83 bits per heavy atom. The molecular weight excluding hydrogens is 236 g/mol. The molecule has 18 heavy (non-hydrogen) atoms. The van der Waals surface area contributed by atoms with Gasteiger partial charge < -0.3 is 19.8 Å². The van der Waals surface area contributed by atoms with E-state index in [1.807, 2.05) is 0 Å². The molecule has 2 N–H and O–H groups in total. The predicted molar refractivity (Wildman–Crippen MR) is 62.5 cm³/mol. The number of ether oxygens (including phenoxy) is 1. The van der Waals surface area contributed by atoms with Crippen molar-refractivity contribution in [3.63, 3.8) is 0 Å². The van der Waals surface area contributed by atoms with Crippen LogP contribution in [0.2, 0.25) is 0 Å². The molecule has 0 spiro atoms. The molecule has 0 unspecified atom stereocenters. The molecule has 1 saturated heterocycles.